The third-order valence-corrected chi connectivity index (χ3v) is 2.32. The van der Waals surface area contributed by atoms with E-state index in [0.29, 0.717) is 5.92 Å². The van der Waals surface area contributed by atoms with Crippen molar-refractivity contribution in [2.24, 2.45) is 5.92 Å². The van der Waals surface area contributed by atoms with Crippen LogP contribution in [0.25, 0.3) is 0 Å². The van der Waals surface area contributed by atoms with E-state index in [-0.39, 0.29) is 6.10 Å². The Morgan fingerprint density at radius 3 is 2.73 bits per heavy atom. The van der Waals surface area contributed by atoms with Gasteiger partial charge in [0, 0.05) is 19.2 Å². The molecule has 0 aliphatic heterocycles. The van der Waals surface area contributed by atoms with Gasteiger partial charge in [0.25, 0.3) is 0 Å². The lowest BCUT2D eigenvalue weighted by Gasteiger charge is -2.29. The molecule has 0 radical (unpaired) electrons. The van der Waals surface area contributed by atoms with Gasteiger partial charge >= 0.3 is 0 Å². The lowest BCUT2D eigenvalue weighted by atomic mass is 9.83. The average molecular weight is 153 g/mol. The second-order valence-electron chi connectivity index (χ2n) is 3.21. The second-order valence-corrected chi connectivity index (χ2v) is 3.21. The molecule has 2 heteroatoms. The molecule has 1 aliphatic carbocycles. The van der Waals surface area contributed by atoms with E-state index in [1.807, 2.05) is 0 Å². The second kappa shape index (κ2) is 3.18. The predicted octanol–water partition coefficient (Wildman–Crippen LogP) is 2.01. The summed E-state index contributed by atoms with van der Waals surface area (Å²) < 4.78 is 5.20. The van der Waals surface area contributed by atoms with Gasteiger partial charge in [-0.2, -0.15) is 0 Å². The minimum Gasteiger partial charge on any atom is -0.377 e. The van der Waals surface area contributed by atoms with E-state index in [1.54, 1.807) is 7.11 Å². The Morgan fingerprint density at radius 2 is 2.18 bits per heavy atom. The first-order valence-electron chi connectivity index (χ1n) is 3.93. The molecule has 2 unspecified atom stereocenters. The average Bonchev–Trinajstić information content (AvgIpc) is 1.96. The van der Waals surface area contributed by atoms with Gasteiger partial charge in [-0.3, -0.25) is 0 Å². The maximum atomic E-state index is 7.52. The summed E-state index contributed by atoms with van der Waals surface area (Å²) in [4.78, 5) is 0. The van der Waals surface area contributed by atoms with Crippen LogP contribution in [-0.2, 0) is 4.74 Å². The van der Waals surface area contributed by atoms with Crippen LogP contribution in [0.4, 0.5) is 0 Å². The highest BCUT2D eigenvalue weighted by molar-refractivity contribution is 5.84. The maximum absolute atomic E-state index is 7.52. The van der Waals surface area contributed by atoms with E-state index >= 15 is 0 Å². The Balaban J connectivity index is 2.66. The van der Waals surface area contributed by atoms with Crippen molar-refractivity contribution >= 4 is 5.71 Å². The van der Waals surface area contributed by atoms with Crippen LogP contribution in [0.3, 0.4) is 0 Å². The third kappa shape index (κ3) is 1.69. The van der Waals surface area contributed by atoms with E-state index in [9.17, 15) is 0 Å². The first kappa shape index (κ1) is 8.47. The van der Waals surface area contributed by atoms with Crippen molar-refractivity contribution in [3.63, 3.8) is 0 Å². The summed E-state index contributed by atoms with van der Waals surface area (Å²) in [7, 11) is 1.68. The lowest BCUT2D eigenvalue weighted by Crippen LogP contribution is -2.28. The zero-order valence-corrected chi connectivity index (χ0v) is 7.18. The number of ether oxygens (including phenoxy) is 1. The normalized spacial score (nSPS) is 32.5. The molecule has 0 spiro atoms. The van der Waals surface area contributed by atoms with Gasteiger partial charge in [-0.25, -0.2) is 0 Å². The van der Waals surface area contributed by atoms with E-state index in [2.05, 4.69) is 13.5 Å². The molecular weight excluding hydrogens is 138 g/mol. The summed E-state index contributed by atoms with van der Waals surface area (Å²) in [5.41, 5.74) is 1.93. The highest BCUT2D eigenvalue weighted by Gasteiger charge is 2.25. The zero-order valence-electron chi connectivity index (χ0n) is 7.18. The SMILES string of the molecule is C=C1C(C)CC(=N)CC1OC. The Bertz CT molecular complexity index is 186. The van der Waals surface area contributed by atoms with Crippen molar-refractivity contribution in [2.45, 2.75) is 25.9 Å². The molecule has 0 aromatic carbocycles. The standard InChI is InChI=1S/C9H15NO/c1-6-4-8(10)5-9(11-3)7(6)2/h6,9-10H,2,4-5H2,1,3H3. The fourth-order valence-corrected chi connectivity index (χ4v) is 1.49. The fourth-order valence-electron chi connectivity index (χ4n) is 1.49. The van der Waals surface area contributed by atoms with E-state index in [4.69, 9.17) is 10.1 Å². The molecule has 0 amide bonds. The van der Waals surface area contributed by atoms with Crippen LogP contribution in [0, 0.1) is 11.3 Å². The first-order chi connectivity index (χ1) is 5.15. The molecule has 1 rings (SSSR count). The van der Waals surface area contributed by atoms with Gasteiger partial charge in [-0.05, 0) is 17.9 Å². The minimum atomic E-state index is 0.0891. The maximum Gasteiger partial charge on any atom is 0.0833 e. The van der Waals surface area contributed by atoms with Crippen LogP contribution < -0.4 is 0 Å². The number of methoxy groups -OCH3 is 1. The summed E-state index contributed by atoms with van der Waals surface area (Å²) in [5, 5.41) is 7.52. The van der Waals surface area contributed by atoms with Crippen LogP contribution in [-0.4, -0.2) is 18.9 Å². The molecule has 0 bridgehead atoms. The number of nitrogens with one attached hydrogen (secondary N) is 1. The van der Waals surface area contributed by atoms with Gasteiger partial charge in [0.05, 0.1) is 6.10 Å². The molecular formula is C9H15NO. The summed E-state index contributed by atoms with van der Waals surface area (Å²) in [6, 6.07) is 0. The van der Waals surface area contributed by atoms with Gasteiger partial charge in [0.15, 0.2) is 0 Å². The van der Waals surface area contributed by atoms with Gasteiger partial charge in [0.2, 0.25) is 0 Å². The number of rotatable bonds is 1. The monoisotopic (exact) mass is 153 g/mol. The molecule has 2 atom stereocenters. The molecule has 1 fully saturated rings. The van der Waals surface area contributed by atoms with Crippen molar-refractivity contribution in [1.82, 2.24) is 0 Å². The molecule has 11 heavy (non-hydrogen) atoms. The van der Waals surface area contributed by atoms with Crippen molar-refractivity contribution in [3.8, 4) is 0 Å². The van der Waals surface area contributed by atoms with E-state index in [0.717, 1.165) is 24.1 Å². The van der Waals surface area contributed by atoms with E-state index < -0.39 is 0 Å². The van der Waals surface area contributed by atoms with Crippen molar-refractivity contribution in [1.29, 1.82) is 5.41 Å². The Kier molecular flexibility index (Phi) is 2.45. The van der Waals surface area contributed by atoms with E-state index in [1.165, 1.54) is 0 Å². The molecule has 0 heterocycles. The predicted molar refractivity (Wildman–Crippen MR) is 46.1 cm³/mol. The Morgan fingerprint density at radius 1 is 1.55 bits per heavy atom. The molecule has 1 saturated carbocycles. The summed E-state index contributed by atoms with van der Waals surface area (Å²) >= 11 is 0. The van der Waals surface area contributed by atoms with Crippen molar-refractivity contribution in [2.75, 3.05) is 7.11 Å². The van der Waals surface area contributed by atoms with Gasteiger partial charge in [-0.15, -0.1) is 0 Å². The molecule has 0 aromatic rings. The molecule has 62 valence electrons. The highest BCUT2D eigenvalue weighted by atomic mass is 16.5. The molecule has 1 aliphatic rings. The lowest BCUT2D eigenvalue weighted by molar-refractivity contribution is 0.124. The van der Waals surface area contributed by atoms with Crippen LogP contribution in [0.15, 0.2) is 12.2 Å². The van der Waals surface area contributed by atoms with Crippen molar-refractivity contribution < 1.29 is 4.74 Å². The largest absolute Gasteiger partial charge is 0.377 e. The summed E-state index contributed by atoms with van der Waals surface area (Å²) in [6.07, 6.45) is 1.68. The van der Waals surface area contributed by atoms with Crippen molar-refractivity contribution in [3.05, 3.63) is 12.2 Å². The first-order valence-corrected chi connectivity index (χ1v) is 3.93. The quantitative estimate of drug-likeness (QED) is 0.574. The topological polar surface area (TPSA) is 33.1 Å². The van der Waals surface area contributed by atoms with Crippen LogP contribution in [0.2, 0.25) is 0 Å². The highest BCUT2D eigenvalue weighted by Crippen LogP contribution is 2.27. The molecule has 1 N–H and O–H groups in total. The minimum absolute atomic E-state index is 0.0891. The zero-order chi connectivity index (χ0) is 8.43. The van der Waals surface area contributed by atoms with Crippen LogP contribution >= 0.6 is 0 Å². The molecule has 0 saturated heterocycles. The van der Waals surface area contributed by atoms with Gasteiger partial charge in [-0.1, -0.05) is 13.5 Å². The third-order valence-electron chi connectivity index (χ3n) is 2.32. The number of hydrogen-bond donors (Lipinski definition) is 1. The van der Waals surface area contributed by atoms with Gasteiger partial charge in [0.1, 0.15) is 0 Å². The Hall–Kier alpha value is -0.630. The fraction of sp³-hybridized carbons (Fsp3) is 0.667. The van der Waals surface area contributed by atoms with Crippen LogP contribution in [0.1, 0.15) is 19.8 Å². The summed E-state index contributed by atoms with van der Waals surface area (Å²) in [6.45, 7) is 6.06. The Labute approximate surface area is 67.8 Å². The smallest absolute Gasteiger partial charge is 0.0833 e. The number of hydrogen-bond acceptors (Lipinski definition) is 2. The van der Waals surface area contributed by atoms with Crippen LogP contribution in [0.5, 0.6) is 0 Å². The van der Waals surface area contributed by atoms with Gasteiger partial charge < -0.3 is 10.1 Å². The summed E-state index contributed by atoms with van der Waals surface area (Å²) in [5.74, 6) is 0.418. The molecule has 2 nitrogen and oxygen atoms in total. The molecule has 0 aromatic heterocycles.